The van der Waals surface area contributed by atoms with Gasteiger partial charge in [0.25, 0.3) is 0 Å². The molecule has 0 radical (unpaired) electrons. The molecular formula is C17H21FN4OS. The predicted molar refractivity (Wildman–Crippen MR) is 92.1 cm³/mol. The van der Waals surface area contributed by atoms with Gasteiger partial charge in [0.1, 0.15) is 5.82 Å². The molecule has 128 valence electrons. The number of nitrogens with one attached hydrogen (secondary N) is 1. The monoisotopic (exact) mass is 348 g/mol. The van der Waals surface area contributed by atoms with Crippen molar-refractivity contribution in [3.8, 4) is 11.4 Å². The molecule has 1 atom stereocenters. The first-order valence-corrected chi connectivity index (χ1v) is 9.16. The van der Waals surface area contributed by atoms with Gasteiger partial charge in [-0.25, -0.2) is 9.37 Å². The third-order valence-corrected chi connectivity index (χ3v) is 5.09. The number of rotatable bonds is 4. The number of carbonyl (C=O) groups excluding carboxylic acids is 1. The van der Waals surface area contributed by atoms with E-state index in [0.29, 0.717) is 16.5 Å². The third kappa shape index (κ3) is 3.95. The lowest BCUT2D eigenvalue weighted by Gasteiger charge is -2.23. The number of halogens is 1. The molecule has 1 N–H and O–H groups in total. The Morgan fingerprint density at radius 3 is 2.67 bits per heavy atom. The molecule has 1 saturated heterocycles. The minimum absolute atomic E-state index is 0.124. The van der Waals surface area contributed by atoms with E-state index in [1.54, 1.807) is 18.2 Å². The molecule has 2 heterocycles. The molecule has 0 bridgehead atoms. The van der Waals surface area contributed by atoms with Gasteiger partial charge in [-0.05, 0) is 31.9 Å². The fourth-order valence-electron chi connectivity index (χ4n) is 2.83. The summed E-state index contributed by atoms with van der Waals surface area (Å²) < 4.78 is 13.8. The number of amides is 1. The van der Waals surface area contributed by atoms with Crippen LogP contribution in [0.3, 0.4) is 0 Å². The number of thioether (sulfide) groups is 1. The quantitative estimate of drug-likeness (QED) is 0.859. The predicted octanol–water partition coefficient (Wildman–Crippen LogP) is 3.49. The Morgan fingerprint density at radius 1 is 1.25 bits per heavy atom. The molecule has 7 heteroatoms. The first-order chi connectivity index (χ1) is 11.6. The van der Waals surface area contributed by atoms with Gasteiger partial charge >= 0.3 is 0 Å². The van der Waals surface area contributed by atoms with Crippen LogP contribution in [0.15, 0.2) is 29.4 Å². The van der Waals surface area contributed by atoms with Crippen molar-refractivity contribution in [2.75, 3.05) is 13.1 Å². The van der Waals surface area contributed by atoms with E-state index in [1.165, 1.54) is 30.7 Å². The molecule has 1 aliphatic rings. The van der Waals surface area contributed by atoms with E-state index in [2.05, 4.69) is 15.2 Å². The fraction of sp³-hybridized carbons (Fsp3) is 0.471. The number of nitrogens with zero attached hydrogens (tertiary/aromatic N) is 3. The smallest absolute Gasteiger partial charge is 0.235 e. The van der Waals surface area contributed by atoms with Gasteiger partial charge in [0, 0.05) is 13.1 Å². The number of H-pyrrole nitrogens is 1. The molecule has 0 unspecified atom stereocenters. The normalized spacial score (nSPS) is 16.7. The van der Waals surface area contributed by atoms with Crippen molar-refractivity contribution in [2.45, 2.75) is 43.0 Å². The van der Waals surface area contributed by atoms with Crippen LogP contribution in [0.25, 0.3) is 11.4 Å². The van der Waals surface area contributed by atoms with Crippen molar-refractivity contribution in [3.05, 3.63) is 30.1 Å². The zero-order chi connectivity index (χ0) is 16.9. The lowest BCUT2D eigenvalue weighted by Crippen LogP contribution is -2.37. The van der Waals surface area contributed by atoms with E-state index in [4.69, 9.17) is 0 Å². The molecule has 3 rings (SSSR count). The molecule has 24 heavy (non-hydrogen) atoms. The zero-order valence-corrected chi connectivity index (χ0v) is 14.5. The second kappa shape index (κ2) is 7.79. The summed E-state index contributed by atoms with van der Waals surface area (Å²) in [6.07, 6.45) is 4.53. The maximum Gasteiger partial charge on any atom is 0.235 e. The van der Waals surface area contributed by atoms with Crippen molar-refractivity contribution >= 4 is 17.7 Å². The number of likely N-dealkylation sites (tertiary alicyclic amines) is 1. The van der Waals surface area contributed by atoms with Crippen LogP contribution in [0.4, 0.5) is 4.39 Å². The maximum absolute atomic E-state index is 13.8. The number of hydrogen-bond donors (Lipinski definition) is 1. The highest BCUT2D eigenvalue weighted by atomic mass is 32.2. The van der Waals surface area contributed by atoms with Gasteiger partial charge in [0.2, 0.25) is 11.1 Å². The Labute approximate surface area is 145 Å². The Bertz CT molecular complexity index is 697. The minimum Gasteiger partial charge on any atom is -0.342 e. The molecule has 1 aromatic carbocycles. The van der Waals surface area contributed by atoms with Crippen molar-refractivity contribution < 1.29 is 9.18 Å². The summed E-state index contributed by atoms with van der Waals surface area (Å²) in [6, 6.07) is 6.41. The largest absolute Gasteiger partial charge is 0.342 e. The van der Waals surface area contributed by atoms with E-state index >= 15 is 0 Å². The fourth-order valence-corrected chi connectivity index (χ4v) is 3.64. The van der Waals surface area contributed by atoms with Crippen LogP contribution in [-0.2, 0) is 4.79 Å². The van der Waals surface area contributed by atoms with Gasteiger partial charge in [-0.1, -0.05) is 36.7 Å². The Morgan fingerprint density at radius 2 is 1.96 bits per heavy atom. The Hall–Kier alpha value is -1.89. The summed E-state index contributed by atoms with van der Waals surface area (Å²) in [5.41, 5.74) is 0.378. The maximum atomic E-state index is 13.8. The van der Waals surface area contributed by atoms with Crippen LogP contribution in [-0.4, -0.2) is 44.3 Å². The molecule has 2 aromatic rings. The number of aromatic amines is 1. The number of benzene rings is 1. The summed E-state index contributed by atoms with van der Waals surface area (Å²) in [5, 5.41) is 7.06. The summed E-state index contributed by atoms with van der Waals surface area (Å²) in [4.78, 5) is 18.8. The molecule has 5 nitrogen and oxygen atoms in total. The standard InChI is InChI=1S/C17H21FN4OS/c1-12(16(23)22-10-6-2-3-7-11-22)24-17-19-15(20-21-17)13-8-4-5-9-14(13)18/h4-5,8-9,12H,2-3,6-7,10-11H2,1H3,(H,19,20,21)/t12-/m0/s1. The Balaban J connectivity index is 1.65. The first-order valence-electron chi connectivity index (χ1n) is 8.28. The molecule has 1 aliphatic heterocycles. The van der Waals surface area contributed by atoms with Crippen LogP contribution in [0.2, 0.25) is 0 Å². The molecule has 1 amide bonds. The van der Waals surface area contributed by atoms with E-state index < -0.39 is 0 Å². The van der Waals surface area contributed by atoms with Crippen LogP contribution >= 0.6 is 11.8 Å². The summed E-state index contributed by atoms with van der Waals surface area (Å²) >= 11 is 1.31. The van der Waals surface area contributed by atoms with Crippen molar-refractivity contribution in [3.63, 3.8) is 0 Å². The average Bonchev–Trinajstić information content (AvgIpc) is 2.87. The molecular weight excluding hydrogens is 327 g/mol. The summed E-state index contributed by atoms with van der Waals surface area (Å²) in [6.45, 7) is 3.54. The van der Waals surface area contributed by atoms with Crippen LogP contribution in [0, 0.1) is 5.82 Å². The second-order valence-corrected chi connectivity index (χ2v) is 7.25. The van der Waals surface area contributed by atoms with Crippen LogP contribution < -0.4 is 0 Å². The molecule has 0 aliphatic carbocycles. The van der Waals surface area contributed by atoms with Crippen LogP contribution in [0.1, 0.15) is 32.6 Å². The molecule has 1 fully saturated rings. The van der Waals surface area contributed by atoms with Gasteiger partial charge in [-0.15, -0.1) is 5.10 Å². The highest BCUT2D eigenvalue weighted by Crippen LogP contribution is 2.25. The van der Waals surface area contributed by atoms with Gasteiger partial charge in [0.05, 0.1) is 10.8 Å². The highest BCUT2D eigenvalue weighted by Gasteiger charge is 2.23. The van der Waals surface area contributed by atoms with Gasteiger partial charge < -0.3 is 4.90 Å². The van der Waals surface area contributed by atoms with Crippen molar-refractivity contribution in [1.29, 1.82) is 0 Å². The van der Waals surface area contributed by atoms with E-state index in [-0.39, 0.29) is 17.0 Å². The zero-order valence-electron chi connectivity index (χ0n) is 13.7. The molecule has 0 saturated carbocycles. The highest BCUT2D eigenvalue weighted by molar-refractivity contribution is 8.00. The van der Waals surface area contributed by atoms with E-state index in [1.807, 2.05) is 11.8 Å². The SMILES string of the molecule is C[C@H](Sc1n[nH]c(-c2ccccc2F)n1)C(=O)N1CCCCCC1. The third-order valence-electron chi connectivity index (χ3n) is 4.14. The Kier molecular flexibility index (Phi) is 5.50. The summed E-state index contributed by atoms with van der Waals surface area (Å²) in [5.74, 6) is 0.156. The van der Waals surface area contributed by atoms with Crippen LogP contribution in [0.5, 0.6) is 0 Å². The lowest BCUT2D eigenvalue weighted by atomic mass is 10.2. The second-order valence-electron chi connectivity index (χ2n) is 5.95. The topological polar surface area (TPSA) is 61.9 Å². The van der Waals surface area contributed by atoms with Gasteiger partial charge in [0.15, 0.2) is 5.82 Å². The first kappa shape index (κ1) is 17.0. The number of carbonyl (C=O) groups is 1. The van der Waals surface area contributed by atoms with E-state index in [0.717, 1.165) is 25.9 Å². The number of hydrogen-bond acceptors (Lipinski definition) is 4. The van der Waals surface area contributed by atoms with Crippen molar-refractivity contribution in [1.82, 2.24) is 20.1 Å². The lowest BCUT2D eigenvalue weighted by molar-refractivity contribution is -0.130. The minimum atomic E-state index is -0.348. The average molecular weight is 348 g/mol. The summed E-state index contributed by atoms with van der Waals surface area (Å²) in [7, 11) is 0. The van der Waals surface area contributed by atoms with Gasteiger partial charge in [-0.2, -0.15) is 0 Å². The molecule has 0 spiro atoms. The van der Waals surface area contributed by atoms with Gasteiger partial charge in [-0.3, -0.25) is 9.89 Å². The van der Waals surface area contributed by atoms with E-state index in [9.17, 15) is 9.18 Å². The van der Waals surface area contributed by atoms with Crippen molar-refractivity contribution in [2.24, 2.45) is 0 Å². The number of aromatic nitrogens is 3. The molecule has 1 aromatic heterocycles.